The van der Waals surface area contributed by atoms with E-state index in [1.54, 1.807) is 36.4 Å². The number of carbonyl (C=O) groups excluding carboxylic acids is 3. The van der Waals surface area contributed by atoms with Crippen LogP contribution < -0.4 is 14.8 Å². The molecule has 29 heavy (non-hydrogen) atoms. The largest absolute Gasteiger partial charge is 0.496 e. The summed E-state index contributed by atoms with van der Waals surface area (Å²) in [4.78, 5) is 36.2. The maximum Gasteiger partial charge on any atom is 0.338 e. The molecule has 0 radical (unpaired) electrons. The van der Waals surface area contributed by atoms with E-state index >= 15 is 0 Å². The molecule has 0 aromatic heterocycles. The number of Topliss-reactive ketones (excluding diaryl/α,β-unsaturated/α-hetero) is 1. The van der Waals surface area contributed by atoms with Gasteiger partial charge in [-0.05, 0) is 49.7 Å². The third kappa shape index (κ3) is 5.81. The van der Waals surface area contributed by atoms with E-state index < -0.39 is 12.6 Å². The molecule has 0 spiro atoms. The van der Waals surface area contributed by atoms with Crippen molar-refractivity contribution in [2.45, 2.75) is 26.7 Å². The van der Waals surface area contributed by atoms with Crippen molar-refractivity contribution < 1.29 is 28.6 Å². The van der Waals surface area contributed by atoms with E-state index in [4.69, 9.17) is 14.2 Å². The van der Waals surface area contributed by atoms with E-state index in [0.717, 1.165) is 12.0 Å². The van der Waals surface area contributed by atoms with Crippen LogP contribution in [-0.2, 0) is 9.53 Å². The van der Waals surface area contributed by atoms with Gasteiger partial charge in [-0.3, -0.25) is 9.59 Å². The molecule has 2 aromatic rings. The lowest BCUT2D eigenvalue weighted by Crippen LogP contribution is -2.15. The van der Waals surface area contributed by atoms with Crippen LogP contribution in [0.4, 0.5) is 5.69 Å². The number of hydrogen-bond acceptors (Lipinski definition) is 6. The molecule has 7 heteroatoms. The number of nitrogens with one attached hydrogen (secondary N) is 1. The van der Waals surface area contributed by atoms with Crippen molar-refractivity contribution in [3.63, 3.8) is 0 Å². The van der Waals surface area contributed by atoms with Crippen molar-refractivity contribution in [1.29, 1.82) is 0 Å². The summed E-state index contributed by atoms with van der Waals surface area (Å²) in [6.45, 7) is 3.33. The highest BCUT2D eigenvalue weighted by Gasteiger charge is 2.16. The fourth-order valence-electron chi connectivity index (χ4n) is 2.69. The third-order valence-electron chi connectivity index (χ3n) is 4.29. The highest BCUT2D eigenvalue weighted by molar-refractivity contribution is 6.00. The fourth-order valence-corrected chi connectivity index (χ4v) is 2.69. The summed E-state index contributed by atoms with van der Waals surface area (Å²) in [5.74, 6) is -0.106. The first-order valence-electron chi connectivity index (χ1n) is 9.22. The average Bonchev–Trinajstić information content (AvgIpc) is 2.72. The van der Waals surface area contributed by atoms with Crippen molar-refractivity contribution in [2.75, 3.05) is 26.1 Å². The molecule has 2 aromatic carbocycles. The lowest BCUT2D eigenvalue weighted by Gasteiger charge is -2.12. The van der Waals surface area contributed by atoms with Crippen LogP contribution in [-0.4, -0.2) is 38.5 Å². The monoisotopic (exact) mass is 399 g/mol. The number of ketones is 1. The molecule has 1 N–H and O–H groups in total. The number of ether oxygens (including phenoxy) is 3. The predicted octanol–water partition coefficient (Wildman–Crippen LogP) is 3.79. The molecule has 2 rings (SSSR count). The zero-order valence-corrected chi connectivity index (χ0v) is 17.0. The van der Waals surface area contributed by atoms with Crippen molar-refractivity contribution >= 4 is 23.3 Å². The molecule has 154 valence electrons. The summed E-state index contributed by atoms with van der Waals surface area (Å²) >= 11 is 0. The third-order valence-corrected chi connectivity index (χ3v) is 4.29. The van der Waals surface area contributed by atoms with Crippen molar-refractivity contribution in [3.8, 4) is 11.5 Å². The number of esters is 1. The highest BCUT2D eigenvalue weighted by Crippen LogP contribution is 2.29. The van der Waals surface area contributed by atoms with E-state index in [1.807, 2.05) is 13.8 Å². The maximum absolute atomic E-state index is 12.3. The van der Waals surface area contributed by atoms with Crippen LogP contribution in [0.15, 0.2) is 36.4 Å². The van der Waals surface area contributed by atoms with Gasteiger partial charge in [0.05, 0.1) is 19.8 Å². The molecule has 0 fully saturated rings. The molecular weight excluding hydrogens is 374 g/mol. The summed E-state index contributed by atoms with van der Waals surface area (Å²) in [7, 11) is 2.99. The Morgan fingerprint density at radius 2 is 1.52 bits per heavy atom. The van der Waals surface area contributed by atoms with Gasteiger partial charge in [0.15, 0.2) is 12.4 Å². The Bertz CT molecular complexity index is 864. The normalized spacial score (nSPS) is 10.2. The summed E-state index contributed by atoms with van der Waals surface area (Å²) in [5, 5.41) is 2.75. The highest BCUT2D eigenvalue weighted by atomic mass is 16.5. The molecule has 7 nitrogen and oxygen atoms in total. The smallest absolute Gasteiger partial charge is 0.338 e. The molecule has 0 bridgehead atoms. The van der Waals surface area contributed by atoms with Crippen LogP contribution >= 0.6 is 0 Å². The van der Waals surface area contributed by atoms with Crippen LogP contribution in [0.2, 0.25) is 0 Å². The molecule has 0 unspecified atom stereocenters. The van der Waals surface area contributed by atoms with Gasteiger partial charge in [0.25, 0.3) is 0 Å². The van der Waals surface area contributed by atoms with E-state index in [-0.39, 0.29) is 17.3 Å². The van der Waals surface area contributed by atoms with Crippen molar-refractivity contribution in [1.82, 2.24) is 0 Å². The van der Waals surface area contributed by atoms with Crippen LogP contribution in [0.25, 0.3) is 0 Å². The van der Waals surface area contributed by atoms with Gasteiger partial charge in [0.1, 0.15) is 11.5 Å². The first-order chi connectivity index (χ1) is 13.9. The topological polar surface area (TPSA) is 90.9 Å². The zero-order valence-electron chi connectivity index (χ0n) is 17.0. The van der Waals surface area contributed by atoms with Crippen LogP contribution in [0.5, 0.6) is 11.5 Å². The molecular formula is C22H25NO6. The zero-order chi connectivity index (χ0) is 21.4. The Labute approximate surface area is 170 Å². The number of amides is 1. The number of anilines is 1. The van der Waals surface area contributed by atoms with Gasteiger partial charge in [-0.1, -0.05) is 6.92 Å². The van der Waals surface area contributed by atoms with E-state index in [1.165, 1.54) is 14.2 Å². The lowest BCUT2D eigenvalue weighted by molar-refractivity contribution is -0.116. The molecule has 0 saturated carbocycles. The van der Waals surface area contributed by atoms with Crippen molar-refractivity contribution in [2.24, 2.45) is 0 Å². The minimum absolute atomic E-state index is 0.0792. The van der Waals surface area contributed by atoms with Crippen LogP contribution in [0.3, 0.4) is 0 Å². The predicted molar refractivity (Wildman–Crippen MR) is 109 cm³/mol. The van der Waals surface area contributed by atoms with Gasteiger partial charge in [-0.15, -0.1) is 0 Å². The Morgan fingerprint density at radius 3 is 2.03 bits per heavy atom. The summed E-state index contributed by atoms with van der Waals surface area (Å²) in [5.41, 5.74) is 1.97. The Morgan fingerprint density at radius 1 is 0.931 bits per heavy atom. The van der Waals surface area contributed by atoms with E-state index in [0.29, 0.717) is 29.2 Å². The SMILES string of the molecule is CCCC(=O)Nc1ccc(C(=O)COC(=O)c2cc(OC)c(C)c(OC)c2)cc1. The molecule has 0 aliphatic rings. The Kier molecular flexibility index (Phi) is 7.77. The molecule has 0 aliphatic carbocycles. The molecule has 0 atom stereocenters. The maximum atomic E-state index is 12.3. The van der Waals surface area contributed by atoms with Gasteiger partial charge < -0.3 is 19.5 Å². The van der Waals surface area contributed by atoms with Gasteiger partial charge in [0.2, 0.25) is 5.91 Å². The summed E-state index contributed by atoms with van der Waals surface area (Å²) < 4.78 is 15.6. The van der Waals surface area contributed by atoms with Gasteiger partial charge in [-0.2, -0.15) is 0 Å². The first-order valence-corrected chi connectivity index (χ1v) is 9.22. The lowest BCUT2D eigenvalue weighted by atomic mass is 10.1. The van der Waals surface area contributed by atoms with Crippen LogP contribution in [0, 0.1) is 6.92 Å². The van der Waals surface area contributed by atoms with Gasteiger partial charge in [-0.25, -0.2) is 4.79 Å². The van der Waals surface area contributed by atoms with Crippen LogP contribution in [0.1, 0.15) is 46.0 Å². The number of benzene rings is 2. The minimum Gasteiger partial charge on any atom is -0.496 e. The number of methoxy groups -OCH3 is 2. The Balaban J connectivity index is 2.00. The van der Waals surface area contributed by atoms with Crippen molar-refractivity contribution in [3.05, 3.63) is 53.1 Å². The number of carbonyl (C=O) groups is 3. The average molecular weight is 399 g/mol. The summed E-state index contributed by atoms with van der Waals surface area (Å²) in [6, 6.07) is 9.51. The molecule has 0 aliphatic heterocycles. The number of hydrogen-bond donors (Lipinski definition) is 1. The van der Waals surface area contributed by atoms with E-state index in [2.05, 4.69) is 5.32 Å². The van der Waals surface area contributed by atoms with E-state index in [9.17, 15) is 14.4 Å². The quantitative estimate of drug-likeness (QED) is 0.510. The second-order valence-electron chi connectivity index (χ2n) is 6.38. The first kappa shape index (κ1) is 21.9. The standard InChI is InChI=1S/C22H25NO6/c1-5-6-21(25)23-17-9-7-15(8-10-17)18(24)13-29-22(26)16-11-19(27-3)14(2)20(12-16)28-4/h7-12H,5-6,13H2,1-4H3,(H,23,25). The Hall–Kier alpha value is -3.35. The minimum atomic E-state index is -0.654. The second-order valence-corrected chi connectivity index (χ2v) is 6.38. The molecule has 0 heterocycles. The number of rotatable bonds is 9. The second kappa shape index (κ2) is 10.3. The fraction of sp³-hybridized carbons (Fsp3) is 0.318. The summed E-state index contributed by atoms with van der Waals surface area (Å²) in [6.07, 6.45) is 1.19. The molecule has 1 amide bonds. The van der Waals surface area contributed by atoms with Gasteiger partial charge in [0, 0.05) is 23.2 Å². The van der Waals surface area contributed by atoms with Gasteiger partial charge >= 0.3 is 5.97 Å². The molecule has 0 saturated heterocycles.